The van der Waals surface area contributed by atoms with Crippen molar-refractivity contribution < 1.29 is 19.4 Å². The van der Waals surface area contributed by atoms with Gasteiger partial charge in [0.1, 0.15) is 5.60 Å². The van der Waals surface area contributed by atoms with Gasteiger partial charge in [0.2, 0.25) is 0 Å². The number of nitrogens with one attached hydrogen (secondary N) is 1. The Hall–Kier alpha value is -1.46. The Bertz CT molecular complexity index is 535. The molecule has 0 fully saturated rings. The molecule has 122 valence electrons. The molecule has 0 heterocycles. The van der Waals surface area contributed by atoms with E-state index in [0.717, 1.165) is 0 Å². The van der Waals surface area contributed by atoms with Crippen molar-refractivity contribution >= 4 is 35.3 Å². The molecule has 1 aromatic rings. The van der Waals surface area contributed by atoms with E-state index in [-0.39, 0.29) is 13.0 Å². The molecule has 0 aliphatic rings. The summed E-state index contributed by atoms with van der Waals surface area (Å²) in [4.78, 5) is 22.9. The molecule has 22 heavy (non-hydrogen) atoms. The number of amides is 1. The number of aliphatic carboxylic acids is 1. The minimum Gasteiger partial charge on any atom is -0.481 e. The zero-order valence-corrected chi connectivity index (χ0v) is 14.2. The third-order valence-electron chi connectivity index (χ3n) is 2.65. The first kappa shape index (κ1) is 18.6. The van der Waals surface area contributed by atoms with Crippen LogP contribution in [0.5, 0.6) is 0 Å². The van der Waals surface area contributed by atoms with Crippen LogP contribution in [-0.2, 0) is 16.0 Å². The lowest BCUT2D eigenvalue weighted by molar-refractivity contribution is -0.141. The van der Waals surface area contributed by atoms with Gasteiger partial charge in [-0.25, -0.2) is 4.79 Å². The molecule has 0 aliphatic carbocycles. The number of halogens is 2. The van der Waals surface area contributed by atoms with Crippen molar-refractivity contribution in [1.29, 1.82) is 0 Å². The lowest BCUT2D eigenvalue weighted by atomic mass is 9.99. The Kier molecular flexibility index (Phi) is 6.50. The average Bonchev–Trinajstić information content (AvgIpc) is 2.30. The molecule has 2 N–H and O–H groups in total. The zero-order valence-electron chi connectivity index (χ0n) is 12.7. The van der Waals surface area contributed by atoms with Gasteiger partial charge in [0, 0.05) is 16.6 Å². The maximum atomic E-state index is 11.6. The molecule has 0 saturated heterocycles. The summed E-state index contributed by atoms with van der Waals surface area (Å²) in [7, 11) is 0. The van der Waals surface area contributed by atoms with E-state index >= 15 is 0 Å². The fraction of sp³-hybridized carbons (Fsp3) is 0.467. The molecule has 0 radical (unpaired) electrons. The van der Waals surface area contributed by atoms with Gasteiger partial charge in [-0.1, -0.05) is 23.2 Å². The molecular weight excluding hydrogens is 329 g/mol. The van der Waals surface area contributed by atoms with E-state index < -0.39 is 23.6 Å². The molecule has 1 amide bonds. The number of ether oxygens (including phenoxy) is 1. The molecule has 0 spiro atoms. The number of hydrogen-bond donors (Lipinski definition) is 2. The number of benzene rings is 1. The first-order chi connectivity index (χ1) is 10.1. The monoisotopic (exact) mass is 347 g/mol. The topological polar surface area (TPSA) is 75.6 Å². The highest BCUT2D eigenvalue weighted by Crippen LogP contribution is 2.21. The number of hydrogen-bond acceptors (Lipinski definition) is 3. The van der Waals surface area contributed by atoms with Gasteiger partial charge < -0.3 is 15.2 Å². The average molecular weight is 348 g/mol. The lowest BCUT2D eigenvalue weighted by Gasteiger charge is -2.21. The summed E-state index contributed by atoms with van der Waals surface area (Å²) in [6.07, 6.45) is -0.450. The Labute approximate surface area is 139 Å². The van der Waals surface area contributed by atoms with Gasteiger partial charge >= 0.3 is 12.1 Å². The fourth-order valence-corrected chi connectivity index (χ4v) is 2.35. The third kappa shape index (κ3) is 7.00. The van der Waals surface area contributed by atoms with Gasteiger partial charge in [-0.3, -0.25) is 4.79 Å². The predicted octanol–water partition coefficient (Wildman–Crippen LogP) is 3.76. The molecule has 0 aliphatic heterocycles. The van der Waals surface area contributed by atoms with Crippen molar-refractivity contribution in [3.05, 3.63) is 33.8 Å². The molecule has 0 saturated carbocycles. The molecular formula is C15H19Cl2NO4. The van der Waals surface area contributed by atoms with E-state index in [1.165, 1.54) is 0 Å². The molecule has 0 aromatic heterocycles. The maximum Gasteiger partial charge on any atom is 0.407 e. The van der Waals surface area contributed by atoms with Gasteiger partial charge in [0.15, 0.2) is 0 Å². The van der Waals surface area contributed by atoms with Crippen LogP contribution in [-0.4, -0.2) is 29.3 Å². The van der Waals surface area contributed by atoms with Crippen molar-refractivity contribution in [1.82, 2.24) is 5.32 Å². The molecule has 0 unspecified atom stereocenters. The van der Waals surface area contributed by atoms with E-state index in [0.29, 0.717) is 15.6 Å². The van der Waals surface area contributed by atoms with Crippen molar-refractivity contribution in [3.8, 4) is 0 Å². The quantitative estimate of drug-likeness (QED) is 0.850. The van der Waals surface area contributed by atoms with Crippen LogP contribution < -0.4 is 5.32 Å². The second-order valence-corrected chi connectivity index (χ2v) is 6.77. The van der Waals surface area contributed by atoms with Crippen molar-refractivity contribution in [3.63, 3.8) is 0 Å². The minimum atomic E-state index is -1.02. The predicted molar refractivity (Wildman–Crippen MR) is 85.5 cm³/mol. The van der Waals surface area contributed by atoms with E-state index in [1.54, 1.807) is 39.0 Å². The molecule has 0 bridgehead atoms. The Morgan fingerprint density at radius 3 is 2.23 bits per heavy atom. The van der Waals surface area contributed by atoms with Crippen LogP contribution in [0.2, 0.25) is 10.0 Å². The fourth-order valence-electron chi connectivity index (χ4n) is 1.78. The van der Waals surface area contributed by atoms with Crippen LogP contribution >= 0.6 is 23.2 Å². The van der Waals surface area contributed by atoms with Gasteiger partial charge in [0.25, 0.3) is 0 Å². The molecule has 1 aromatic carbocycles. The molecule has 7 heteroatoms. The Morgan fingerprint density at radius 1 is 1.23 bits per heavy atom. The number of carboxylic acids is 1. The standard InChI is InChI=1S/C15H19Cl2NO4/c1-15(2,3)22-14(21)18-8-10(13(19)20)4-9-5-11(16)7-12(17)6-9/h5-7,10H,4,8H2,1-3H3,(H,18,21)(H,19,20)/t10-/m0/s1. The van der Waals surface area contributed by atoms with Crippen LogP contribution in [0.15, 0.2) is 18.2 Å². The highest BCUT2D eigenvalue weighted by atomic mass is 35.5. The lowest BCUT2D eigenvalue weighted by Crippen LogP contribution is -2.37. The number of carbonyl (C=O) groups is 2. The summed E-state index contributed by atoms with van der Waals surface area (Å²) in [6.45, 7) is 5.15. The SMILES string of the molecule is CC(C)(C)OC(=O)NC[C@H](Cc1cc(Cl)cc(Cl)c1)C(=O)O. The first-order valence-corrected chi connectivity index (χ1v) is 7.47. The summed E-state index contributed by atoms with van der Waals surface area (Å²) < 4.78 is 5.07. The number of rotatable bonds is 5. The smallest absolute Gasteiger partial charge is 0.407 e. The third-order valence-corrected chi connectivity index (χ3v) is 3.08. The van der Waals surface area contributed by atoms with Gasteiger partial charge in [-0.2, -0.15) is 0 Å². The van der Waals surface area contributed by atoms with E-state index in [9.17, 15) is 14.7 Å². The van der Waals surface area contributed by atoms with Gasteiger partial charge in [-0.05, 0) is 51.0 Å². The summed E-state index contributed by atoms with van der Waals surface area (Å²) in [6, 6.07) is 4.87. The van der Waals surface area contributed by atoms with Crippen LogP contribution in [0, 0.1) is 5.92 Å². The number of carbonyl (C=O) groups excluding carboxylic acids is 1. The summed E-state index contributed by atoms with van der Waals surface area (Å²) in [5, 5.41) is 12.6. The Morgan fingerprint density at radius 2 is 1.77 bits per heavy atom. The maximum absolute atomic E-state index is 11.6. The highest BCUT2D eigenvalue weighted by molar-refractivity contribution is 6.34. The second kappa shape index (κ2) is 7.70. The number of alkyl carbamates (subject to hydrolysis) is 1. The molecule has 1 atom stereocenters. The van der Waals surface area contributed by atoms with Crippen molar-refractivity contribution in [2.75, 3.05) is 6.54 Å². The summed E-state index contributed by atoms with van der Waals surface area (Å²) >= 11 is 11.8. The summed E-state index contributed by atoms with van der Waals surface area (Å²) in [5.41, 5.74) is 0.0550. The van der Waals surface area contributed by atoms with Crippen LogP contribution in [0.25, 0.3) is 0 Å². The minimum absolute atomic E-state index is 0.0472. The van der Waals surface area contributed by atoms with Gasteiger partial charge in [-0.15, -0.1) is 0 Å². The van der Waals surface area contributed by atoms with E-state index in [4.69, 9.17) is 27.9 Å². The molecule has 5 nitrogen and oxygen atoms in total. The largest absolute Gasteiger partial charge is 0.481 e. The van der Waals surface area contributed by atoms with Crippen molar-refractivity contribution in [2.45, 2.75) is 32.8 Å². The normalized spacial score (nSPS) is 12.6. The van der Waals surface area contributed by atoms with Gasteiger partial charge in [0.05, 0.1) is 5.92 Å². The second-order valence-electron chi connectivity index (χ2n) is 5.90. The summed E-state index contributed by atoms with van der Waals surface area (Å²) in [5.74, 6) is -1.82. The van der Waals surface area contributed by atoms with Crippen LogP contribution in [0.1, 0.15) is 26.3 Å². The van der Waals surface area contributed by atoms with E-state index in [1.807, 2.05) is 0 Å². The Balaban J connectivity index is 2.66. The zero-order chi connectivity index (χ0) is 16.9. The first-order valence-electron chi connectivity index (χ1n) is 6.71. The van der Waals surface area contributed by atoms with E-state index in [2.05, 4.69) is 5.32 Å². The van der Waals surface area contributed by atoms with Crippen LogP contribution in [0.3, 0.4) is 0 Å². The number of carboxylic acid groups (broad SMARTS) is 1. The van der Waals surface area contributed by atoms with Crippen LogP contribution in [0.4, 0.5) is 4.79 Å². The van der Waals surface area contributed by atoms with Crippen molar-refractivity contribution in [2.24, 2.45) is 5.92 Å². The highest BCUT2D eigenvalue weighted by Gasteiger charge is 2.22. The molecule has 1 rings (SSSR count).